The van der Waals surface area contributed by atoms with Gasteiger partial charge < -0.3 is 5.32 Å². The van der Waals surface area contributed by atoms with Crippen LogP contribution in [-0.2, 0) is 6.42 Å². The maximum atomic E-state index is 3.44. The molecule has 1 heteroatoms. The molecule has 1 saturated heterocycles. The van der Waals surface area contributed by atoms with Crippen molar-refractivity contribution in [3.05, 3.63) is 35.4 Å². The molecular formula is C16H23N. The molecule has 92 valence electrons. The normalized spacial score (nSPS) is 21.6. The third-order valence-corrected chi connectivity index (χ3v) is 4.33. The summed E-state index contributed by atoms with van der Waals surface area (Å²) in [6.45, 7) is 2.45. The molecule has 0 amide bonds. The summed E-state index contributed by atoms with van der Waals surface area (Å²) in [6, 6.07) is 9.42. The third kappa shape index (κ3) is 3.10. The average molecular weight is 229 g/mol. The maximum absolute atomic E-state index is 3.44. The lowest BCUT2D eigenvalue weighted by Crippen LogP contribution is -2.27. The largest absolute Gasteiger partial charge is 0.317 e. The van der Waals surface area contributed by atoms with E-state index in [0.29, 0.717) is 0 Å². The molecule has 1 aromatic rings. The van der Waals surface area contributed by atoms with E-state index in [1.807, 2.05) is 0 Å². The van der Waals surface area contributed by atoms with Gasteiger partial charge in [0.2, 0.25) is 0 Å². The number of hydrogen-bond donors (Lipinski definition) is 1. The van der Waals surface area contributed by atoms with Crippen LogP contribution in [0.5, 0.6) is 0 Å². The number of piperidine rings is 1. The first kappa shape index (κ1) is 11.3. The summed E-state index contributed by atoms with van der Waals surface area (Å²) in [6.07, 6.45) is 8.23. The van der Waals surface area contributed by atoms with E-state index in [0.717, 1.165) is 11.8 Å². The van der Waals surface area contributed by atoms with Gasteiger partial charge in [-0.05, 0) is 74.6 Å². The SMILES string of the molecule is c1cc(C2CC2)ccc1CCC1CCNCC1. The molecule has 0 spiro atoms. The van der Waals surface area contributed by atoms with Gasteiger partial charge in [-0.2, -0.15) is 0 Å². The Labute approximate surface area is 105 Å². The molecule has 0 radical (unpaired) electrons. The highest BCUT2D eigenvalue weighted by Gasteiger charge is 2.22. The first-order chi connectivity index (χ1) is 8.42. The Morgan fingerprint density at radius 2 is 1.65 bits per heavy atom. The van der Waals surface area contributed by atoms with Crippen LogP contribution >= 0.6 is 0 Å². The highest BCUT2D eigenvalue weighted by atomic mass is 14.9. The van der Waals surface area contributed by atoms with Gasteiger partial charge in [-0.25, -0.2) is 0 Å². The highest BCUT2D eigenvalue weighted by molar-refractivity contribution is 5.28. The monoisotopic (exact) mass is 229 g/mol. The van der Waals surface area contributed by atoms with Crippen molar-refractivity contribution in [1.29, 1.82) is 0 Å². The lowest BCUT2D eigenvalue weighted by Gasteiger charge is -2.22. The molecule has 1 aromatic carbocycles. The molecule has 1 N–H and O–H groups in total. The van der Waals surface area contributed by atoms with Gasteiger partial charge in [-0.1, -0.05) is 24.3 Å². The number of rotatable bonds is 4. The van der Waals surface area contributed by atoms with Crippen molar-refractivity contribution in [3.63, 3.8) is 0 Å². The molecule has 1 saturated carbocycles. The lowest BCUT2D eigenvalue weighted by atomic mass is 9.91. The number of nitrogens with one attached hydrogen (secondary N) is 1. The van der Waals surface area contributed by atoms with Crippen LogP contribution in [0.15, 0.2) is 24.3 Å². The summed E-state index contributed by atoms with van der Waals surface area (Å²) in [5.41, 5.74) is 3.10. The first-order valence-corrected chi connectivity index (χ1v) is 7.21. The Morgan fingerprint density at radius 1 is 0.941 bits per heavy atom. The van der Waals surface area contributed by atoms with E-state index in [-0.39, 0.29) is 0 Å². The second-order valence-electron chi connectivity index (χ2n) is 5.75. The van der Waals surface area contributed by atoms with Crippen molar-refractivity contribution >= 4 is 0 Å². The van der Waals surface area contributed by atoms with Gasteiger partial charge in [0.25, 0.3) is 0 Å². The Hall–Kier alpha value is -0.820. The number of hydrogen-bond acceptors (Lipinski definition) is 1. The van der Waals surface area contributed by atoms with Crippen molar-refractivity contribution in [2.45, 2.75) is 44.4 Å². The van der Waals surface area contributed by atoms with Gasteiger partial charge in [-0.3, -0.25) is 0 Å². The molecule has 0 unspecified atom stereocenters. The van der Waals surface area contributed by atoms with Crippen LogP contribution in [0.3, 0.4) is 0 Å². The van der Waals surface area contributed by atoms with Crippen LogP contribution in [0, 0.1) is 5.92 Å². The lowest BCUT2D eigenvalue weighted by molar-refractivity contribution is 0.354. The van der Waals surface area contributed by atoms with Crippen molar-refractivity contribution < 1.29 is 0 Å². The summed E-state index contributed by atoms with van der Waals surface area (Å²) in [4.78, 5) is 0. The summed E-state index contributed by atoms with van der Waals surface area (Å²) in [7, 11) is 0. The van der Waals surface area contributed by atoms with E-state index in [2.05, 4.69) is 29.6 Å². The zero-order valence-corrected chi connectivity index (χ0v) is 10.6. The minimum absolute atomic E-state index is 0.897. The fourth-order valence-electron chi connectivity index (χ4n) is 2.91. The Kier molecular flexibility index (Phi) is 3.46. The summed E-state index contributed by atoms with van der Waals surface area (Å²) in [5, 5.41) is 3.44. The molecule has 1 aliphatic heterocycles. The van der Waals surface area contributed by atoms with Gasteiger partial charge >= 0.3 is 0 Å². The number of aryl methyl sites for hydroxylation is 1. The Morgan fingerprint density at radius 3 is 2.29 bits per heavy atom. The molecule has 2 aliphatic rings. The van der Waals surface area contributed by atoms with E-state index in [4.69, 9.17) is 0 Å². The van der Waals surface area contributed by atoms with E-state index < -0.39 is 0 Å². The minimum atomic E-state index is 0.897. The molecule has 1 nitrogen and oxygen atoms in total. The molecule has 2 fully saturated rings. The first-order valence-electron chi connectivity index (χ1n) is 7.21. The molecule has 17 heavy (non-hydrogen) atoms. The fourth-order valence-corrected chi connectivity index (χ4v) is 2.91. The van der Waals surface area contributed by atoms with Crippen LogP contribution in [0.4, 0.5) is 0 Å². The van der Waals surface area contributed by atoms with E-state index >= 15 is 0 Å². The molecule has 3 rings (SSSR count). The molecule has 1 heterocycles. The fraction of sp³-hybridized carbons (Fsp3) is 0.625. The Bertz CT molecular complexity index is 344. The summed E-state index contributed by atoms with van der Waals surface area (Å²) in [5.74, 6) is 1.85. The Balaban J connectivity index is 1.50. The predicted molar refractivity (Wildman–Crippen MR) is 72.3 cm³/mol. The number of benzene rings is 1. The average Bonchev–Trinajstić information content (AvgIpc) is 3.23. The summed E-state index contributed by atoms with van der Waals surface area (Å²) < 4.78 is 0. The van der Waals surface area contributed by atoms with Gasteiger partial charge in [0.05, 0.1) is 0 Å². The van der Waals surface area contributed by atoms with Gasteiger partial charge in [0, 0.05) is 0 Å². The predicted octanol–water partition coefficient (Wildman–Crippen LogP) is 3.50. The van der Waals surface area contributed by atoms with Gasteiger partial charge in [0.1, 0.15) is 0 Å². The molecule has 0 atom stereocenters. The van der Waals surface area contributed by atoms with Crippen LogP contribution in [-0.4, -0.2) is 13.1 Å². The topological polar surface area (TPSA) is 12.0 Å². The zero-order chi connectivity index (χ0) is 11.5. The van der Waals surface area contributed by atoms with Crippen LogP contribution in [0.25, 0.3) is 0 Å². The second kappa shape index (κ2) is 5.22. The van der Waals surface area contributed by atoms with E-state index in [9.17, 15) is 0 Å². The zero-order valence-electron chi connectivity index (χ0n) is 10.6. The molecular weight excluding hydrogens is 206 g/mol. The van der Waals surface area contributed by atoms with E-state index in [1.54, 1.807) is 5.56 Å². The third-order valence-electron chi connectivity index (χ3n) is 4.33. The van der Waals surface area contributed by atoms with Crippen molar-refractivity contribution in [2.75, 3.05) is 13.1 Å². The summed E-state index contributed by atoms with van der Waals surface area (Å²) >= 11 is 0. The quantitative estimate of drug-likeness (QED) is 0.833. The van der Waals surface area contributed by atoms with Crippen LogP contribution in [0.2, 0.25) is 0 Å². The van der Waals surface area contributed by atoms with Crippen molar-refractivity contribution in [1.82, 2.24) is 5.32 Å². The van der Waals surface area contributed by atoms with Crippen LogP contribution < -0.4 is 5.32 Å². The van der Waals surface area contributed by atoms with Gasteiger partial charge in [0.15, 0.2) is 0 Å². The molecule has 1 aliphatic carbocycles. The molecule has 0 aromatic heterocycles. The smallest absolute Gasteiger partial charge is 0.00463 e. The highest BCUT2D eigenvalue weighted by Crippen LogP contribution is 2.39. The van der Waals surface area contributed by atoms with Gasteiger partial charge in [-0.15, -0.1) is 0 Å². The maximum Gasteiger partial charge on any atom is -0.00463 e. The van der Waals surface area contributed by atoms with Crippen LogP contribution in [0.1, 0.15) is 49.1 Å². The molecule has 0 bridgehead atoms. The van der Waals surface area contributed by atoms with Crippen molar-refractivity contribution in [3.8, 4) is 0 Å². The second-order valence-corrected chi connectivity index (χ2v) is 5.75. The minimum Gasteiger partial charge on any atom is -0.317 e. The van der Waals surface area contributed by atoms with Crippen molar-refractivity contribution in [2.24, 2.45) is 5.92 Å². The standard InChI is InChI=1S/C16H23N/c1(2-14-9-11-17-12-10-14)13-3-5-15(6-4-13)16-7-8-16/h3-6,14,16-17H,1-2,7-12H2. The van der Waals surface area contributed by atoms with E-state index in [1.165, 1.54) is 57.2 Å².